The predicted octanol–water partition coefficient (Wildman–Crippen LogP) is 3.86. The van der Waals surface area contributed by atoms with Crippen LogP contribution in [0.4, 0.5) is 8.78 Å². The Labute approximate surface area is 176 Å². The number of hydrogen-bond donors (Lipinski definition) is 0. The molecule has 0 bridgehead atoms. The van der Waals surface area contributed by atoms with Gasteiger partial charge in [0.1, 0.15) is 5.75 Å². The maximum absolute atomic E-state index is 14.4. The van der Waals surface area contributed by atoms with Crippen LogP contribution >= 0.6 is 0 Å². The lowest BCUT2D eigenvalue weighted by molar-refractivity contribution is 0.0525. The lowest BCUT2D eigenvalue weighted by Crippen LogP contribution is -2.25. The largest absolute Gasteiger partial charge is 0.497 e. The molecule has 9 heteroatoms. The van der Waals surface area contributed by atoms with Gasteiger partial charge in [0, 0.05) is 6.07 Å². The van der Waals surface area contributed by atoms with Crippen molar-refractivity contribution in [1.82, 2.24) is 9.78 Å². The number of aromatic nitrogens is 2. The molecule has 0 saturated heterocycles. The second kappa shape index (κ2) is 9.38. The zero-order chi connectivity index (χ0) is 22.5. The summed E-state index contributed by atoms with van der Waals surface area (Å²) in [5.41, 5.74) is 0.205. The van der Waals surface area contributed by atoms with Gasteiger partial charge in [-0.05, 0) is 43.7 Å². The van der Waals surface area contributed by atoms with Crippen LogP contribution in [0.5, 0.6) is 17.2 Å². The number of esters is 1. The second-order valence-corrected chi connectivity index (χ2v) is 6.55. The maximum Gasteiger partial charge on any atom is 0.338 e. The van der Waals surface area contributed by atoms with E-state index in [-0.39, 0.29) is 24.5 Å². The third-order valence-electron chi connectivity index (χ3n) is 4.28. The van der Waals surface area contributed by atoms with Crippen LogP contribution in [0.15, 0.2) is 47.3 Å². The number of benzene rings is 2. The Morgan fingerprint density at radius 1 is 1.10 bits per heavy atom. The first-order valence-electron chi connectivity index (χ1n) is 9.38. The fraction of sp³-hybridized carbons (Fsp3) is 0.227. The van der Waals surface area contributed by atoms with Crippen LogP contribution in [0.1, 0.15) is 28.5 Å². The molecule has 0 fully saturated rings. The molecule has 0 aliphatic heterocycles. The lowest BCUT2D eigenvalue weighted by Gasteiger charge is -2.12. The highest BCUT2D eigenvalue weighted by Crippen LogP contribution is 2.28. The van der Waals surface area contributed by atoms with Crippen molar-refractivity contribution >= 4 is 5.97 Å². The van der Waals surface area contributed by atoms with Gasteiger partial charge < -0.3 is 14.2 Å². The van der Waals surface area contributed by atoms with Gasteiger partial charge in [0.2, 0.25) is 0 Å². The fourth-order valence-electron chi connectivity index (χ4n) is 2.83. The van der Waals surface area contributed by atoms with Crippen molar-refractivity contribution in [2.75, 3.05) is 13.7 Å². The minimum atomic E-state index is -1.14. The van der Waals surface area contributed by atoms with E-state index in [2.05, 4.69) is 5.10 Å². The second-order valence-electron chi connectivity index (χ2n) is 6.55. The van der Waals surface area contributed by atoms with Crippen molar-refractivity contribution < 1.29 is 27.8 Å². The summed E-state index contributed by atoms with van der Waals surface area (Å²) in [6.45, 7) is 3.37. The van der Waals surface area contributed by atoms with Gasteiger partial charge in [-0.1, -0.05) is 12.1 Å². The Kier molecular flexibility index (Phi) is 6.64. The third-order valence-corrected chi connectivity index (χ3v) is 4.28. The first-order valence-corrected chi connectivity index (χ1v) is 9.38. The van der Waals surface area contributed by atoms with Crippen molar-refractivity contribution in [3.05, 3.63) is 81.3 Å². The van der Waals surface area contributed by atoms with Crippen LogP contribution in [-0.4, -0.2) is 29.5 Å². The zero-order valence-electron chi connectivity index (χ0n) is 17.1. The third kappa shape index (κ3) is 5.06. The van der Waals surface area contributed by atoms with Crippen LogP contribution in [0.2, 0.25) is 0 Å². The van der Waals surface area contributed by atoms with Crippen molar-refractivity contribution in [1.29, 1.82) is 0 Å². The number of hydrogen-bond acceptors (Lipinski definition) is 6. The van der Waals surface area contributed by atoms with Gasteiger partial charge in [-0.3, -0.25) is 4.79 Å². The average molecular weight is 430 g/mol. The van der Waals surface area contributed by atoms with Crippen LogP contribution in [-0.2, 0) is 11.3 Å². The van der Waals surface area contributed by atoms with E-state index in [0.29, 0.717) is 11.4 Å². The molecule has 0 spiro atoms. The zero-order valence-corrected chi connectivity index (χ0v) is 17.1. The molecule has 162 valence electrons. The van der Waals surface area contributed by atoms with Gasteiger partial charge in [0.05, 0.1) is 31.5 Å². The SMILES string of the molecule is CCOC(=O)c1cc(F)c(Oc2cc(C)nn(Cc3ccc(OC)cc3)c2=O)c(F)c1. The molecular weight excluding hydrogens is 410 g/mol. The number of aryl methyl sites for hydroxylation is 1. The number of rotatable bonds is 7. The summed E-state index contributed by atoms with van der Waals surface area (Å²) in [7, 11) is 1.54. The van der Waals surface area contributed by atoms with Gasteiger partial charge in [-0.15, -0.1) is 0 Å². The fourth-order valence-corrected chi connectivity index (χ4v) is 2.83. The Morgan fingerprint density at radius 3 is 2.32 bits per heavy atom. The van der Waals surface area contributed by atoms with Gasteiger partial charge in [-0.25, -0.2) is 18.3 Å². The summed E-state index contributed by atoms with van der Waals surface area (Å²) >= 11 is 0. The minimum Gasteiger partial charge on any atom is -0.497 e. The summed E-state index contributed by atoms with van der Waals surface area (Å²) in [5.74, 6) is -3.59. The first-order chi connectivity index (χ1) is 14.8. The smallest absolute Gasteiger partial charge is 0.338 e. The van der Waals surface area contributed by atoms with Crippen molar-refractivity contribution in [2.24, 2.45) is 0 Å². The number of ether oxygens (including phenoxy) is 3. The normalized spacial score (nSPS) is 10.6. The highest BCUT2D eigenvalue weighted by atomic mass is 19.1. The number of carbonyl (C=O) groups excluding carboxylic acids is 1. The molecule has 0 N–H and O–H groups in total. The molecule has 0 aliphatic carbocycles. The highest BCUT2D eigenvalue weighted by molar-refractivity contribution is 5.89. The molecule has 0 unspecified atom stereocenters. The van der Waals surface area contributed by atoms with Crippen LogP contribution in [0.3, 0.4) is 0 Å². The average Bonchev–Trinajstić information content (AvgIpc) is 2.74. The van der Waals surface area contributed by atoms with E-state index in [9.17, 15) is 18.4 Å². The van der Waals surface area contributed by atoms with Crippen molar-refractivity contribution in [3.63, 3.8) is 0 Å². The molecule has 2 aromatic carbocycles. The summed E-state index contributed by atoms with van der Waals surface area (Å²) in [4.78, 5) is 24.5. The molecule has 3 aromatic rings. The van der Waals surface area contributed by atoms with Gasteiger partial charge in [0.25, 0.3) is 0 Å². The Balaban J connectivity index is 1.91. The molecule has 0 atom stereocenters. The number of carbonyl (C=O) groups is 1. The molecule has 3 rings (SSSR count). The van der Waals surface area contributed by atoms with E-state index in [1.807, 2.05) is 0 Å². The monoisotopic (exact) mass is 430 g/mol. The topological polar surface area (TPSA) is 79.7 Å². The summed E-state index contributed by atoms with van der Waals surface area (Å²) in [6, 6.07) is 9.88. The standard InChI is InChI=1S/C22H20F2N2O5/c1-4-30-22(28)15-10-17(23)20(18(24)11-15)31-19-9-13(2)25-26(21(19)27)12-14-5-7-16(29-3)8-6-14/h5-11H,4,12H2,1-3H3. The van der Waals surface area contributed by atoms with Crippen LogP contribution in [0.25, 0.3) is 0 Å². The molecule has 1 heterocycles. The Hall–Kier alpha value is -3.75. The van der Waals surface area contributed by atoms with Crippen LogP contribution in [0, 0.1) is 18.6 Å². The molecular formula is C22H20F2N2O5. The van der Waals surface area contributed by atoms with E-state index in [4.69, 9.17) is 14.2 Å². The molecule has 1 aromatic heterocycles. The van der Waals surface area contributed by atoms with E-state index < -0.39 is 28.9 Å². The summed E-state index contributed by atoms with van der Waals surface area (Å²) in [6.07, 6.45) is 0. The Morgan fingerprint density at radius 2 is 1.74 bits per heavy atom. The van der Waals surface area contributed by atoms with E-state index in [1.54, 1.807) is 45.2 Å². The van der Waals surface area contributed by atoms with E-state index in [1.165, 1.54) is 6.07 Å². The summed E-state index contributed by atoms with van der Waals surface area (Å²) in [5, 5.41) is 4.16. The van der Waals surface area contributed by atoms with Gasteiger partial charge in [-0.2, -0.15) is 5.10 Å². The van der Waals surface area contributed by atoms with Gasteiger partial charge >= 0.3 is 11.5 Å². The maximum atomic E-state index is 14.4. The predicted molar refractivity (Wildman–Crippen MR) is 108 cm³/mol. The van der Waals surface area contributed by atoms with E-state index in [0.717, 1.165) is 22.4 Å². The number of methoxy groups -OCH3 is 1. The molecule has 31 heavy (non-hydrogen) atoms. The number of nitrogens with zero attached hydrogens (tertiary/aromatic N) is 2. The molecule has 0 amide bonds. The van der Waals surface area contributed by atoms with Crippen molar-refractivity contribution in [3.8, 4) is 17.2 Å². The summed E-state index contributed by atoms with van der Waals surface area (Å²) < 4.78 is 45.1. The Bertz CT molecular complexity index is 1140. The first kappa shape index (κ1) is 21.9. The van der Waals surface area contributed by atoms with Crippen molar-refractivity contribution in [2.45, 2.75) is 20.4 Å². The van der Waals surface area contributed by atoms with E-state index >= 15 is 0 Å². The molecule has 0 saturated carbocycles. The quantitative estimate of drug-likeness (QED) is 0.530. The highest BCUT2D eigenvalue weighted by Gasteiger charge is 2.20. The molecule has 0 radical (unpaired) electrons. The minimum absolute atomic E-state index is 0.0599. The van der Waals surface area contributed by atoms with Crippen LogP contribution < -0.4 is 15.0 Å². The molecule has 0 aliphatic rings. The van der Waals surface area contributed by atoms with Gasteiger partial charge in [0.15, 0.2) is 23.1 Å². The molecule has 7 nitrogen and oxygen atoms in total. The lowest BCUT2D eigenvalue weighted by atomic mass is 10.2. The number of halogens is 2.